The number of ether oxygens (including phenoxy) is 3. The number of benzene rings is 1. The number of allylic oxidation sites excluding steroid dienone is 1. The Balaban J connectivity index is 1.23. The Hall–Kier alpha value is -4.97. The lowest BCUT2D eigenvalue weighted by Gasteiger charge is -2.30. The fourth-order valence-electron chi connectivity index (χ4n) is 7.71. The molecule has 324 valence electrons. The van der Waals surface area contributed by atoms with Crippen LogP contribution < -0.4 is 30.1 Å². The van der Waals surface area contributed by atoms with Gasteiger partial charge in [0.2, 0.25) is 21.8 Å². The number of fused-ring (bicyclic) bond motifs is 3. The molecule has 0 radical (unpaired) electrons. The van der Waals surface area contributed by atoms with Crippen molar-refractivity contribution in [1.82, 2.24) is 30.2 Å². The molecule has 2 saturated carbocycles. The molecular weight excluding hydrogens is 811 g/mol. The van der Waals surface area contributed by atoms with Gasteiger partial charge in [-0.25, -0.2) is 23.2 Å². The monoisotopic (exact) mass is 865 g/mol. The molecule has 16 nitrogen and oxygen atoms in total. The fourth-order valence-corrected chi connectivity index (χ4v) is 9.93. The predicted molar refractivity (Wildman–Crippen MR) is 227 cm³/mol. The van der Waals surface area contributed by atoms with Crippen LogP contribution >= 0.6 is 11.3 Å². The quantitative estimate of drug-likeness (QED) is 0.188. The SMILES string of the molecule is COc1ccc2c(O[C@@H]3C[C@H]4C(=O)N[C@]5(C(=O)NS(=O)(=O)C6CC6)CC5/C=C\CCCCC[C@@H](NC(=O)OC(C)(C)C)C(=O)N4C3)cc(-c3csc(NC(C)C)n3)nc2c1. The minimum atomic E-state index is -3.91. The van der Waals surface area contributed by atoms with Crippen molar-refractivity contribution in [2.45, 2.75) is 133 Å². The van der Waals surface area contributed by atoms with Crippen molar-refractivity contribution in [1.29, 1.82) is 0 Å². The molecule has 0 spiro atoms. The summed E-state index contributed by atoms with van der Waals surface area (Å²) in [6, 6.07) is 5.22. The molecule has 2 aliphatic heterocycles. The maximum Gasteiger partial charge on any atom is 0.408 e. The van der Waals surface area contributed by atoms with Gasteiger partial charge in [-0.15, -0.1) is 11.3 Å². The van der Waals surface area contributed by atoms with Crippen LogP contribution in [0.15, 0.2) is 41.8 Å². The number of carbonyl (C=O) groups excluding carboxylic acids is 4. The summed E-state index contributed by atoms with van der Waals surface area (Å²) in [5.41, 5.74) is -0.591. The van der Waals surface area contributed by atoms with E-state index >= 15 is 0 Å². The highest BCUT2D eigenvalue weighted by atomic mass is 32.2. The second-order valence-corrected chi connectivity index (χ2v) is 20.2. The highest BCUT2D eigenvalue weighted by Gasteiger charge is 2.62. The summed E-state index contributed by atoms with van der Waals surface area (Å²) < 4.78 is 45.9. The maximum absolute atomic E-state index is 14.7. The van der Waals surface area contributed by atoms with E-state index in [1.54, 1.807) is 46.1 Å². The Kier molecular flexibility index (Phi) is 12.4. The fraction of sp³-hybridized carbons (Fsp3) is 0.571. The molecule has 3 aromatic rings. The Morgan fingerprint density at radius 2 is 1.83 bits per heavy atom. The van der Waals surface area contributed by atoms with Gasteiger partial charge in [-0.05, 0) is 85.3 Å². The summed E-state index contributed by atoms with van der Waals surface area (Å²) in [4.78, 5) is 67.3. The van der Waals surface area contributed by atoms with Gasteiger partial charge in [-0.3, -0.25) is 19.1 Å². The van der Waals surface area contributed by atoms with Crippen LogP contribution in [-0.4, -0.2) is 101 Å². The molecule has 18 heteroatoms. The Labute approximate surface area is 354 Å². The first kappa shape index (κ1) is 43.1. The molecule has 4 heterocycles. The highest BCUT2D eigenvalue weighted by Crippen LogP contribution is 2.46. The number of sulfonamides is 1. The number of nitrogens with zero attached hydrogens (tertiary/aromatic N) is 3. The van der Waals surface area contributed by atoms with E-state index in [1.165, 1.54) is 16.2 Å². The molecule has 5 atom stereocenters. The van der Waals surface area contributed by atoms with Gasteiger partial charge in [-0.2, -0.15) is 0 Å². The van der Waals surface area contributed by atoms with E-state index in [1.807, 2.05) is 37.4 Å². The number of alkyl carbamates (subject to hydrolysis) is 1. The maximum atomic E-state index is 14.7. The average molecular weight is 866 g/mol. The van der Waals surface area contributed by atoms with E-state index < -0.39 is 74.3 Å². The van der Waals surface area contributed by atoms with Gasteiger partial charge in [0.1, 0.15) is 46.5 Å². The van der Waals surface area contributed by atoms with E-state index in [0.29, 0.717) is 65.9 Å². The van der Waals surface area contributed by atoms with Gasteiger partial charge in [0.05, 0.1) is 30.1 Å². The van der Waals surface area contributed by atoms with Crippen molar-refractivity contribution in [2.75, 3.05) is 19.0 Å². The van der Waals surface area contributed by atoms with Gasteiger partial charge in [0, 0.05) is 41.3 Å². The van der Waals surface area contributed by atoms with Crippen LogP contribution in [0.2, 0.25) is 0 Å². The van der Waals surface area contributed by atoms with E-state index in [-0.39, 0.29) is 25.4 Å². The molecule has 4 amide bonds. The molecule has 60 heavy (non-hydrogen) atoms. The zero-order valence-corrected chi connectivity index (χ0v) is 36.5. The summed E-state index contributed by atoms with van der Waals surface area (Å²) in [6.07, 6.45) is 6.62. The number of pyridine rings is 1. The minimum Gasteiger partial charge on any atom is -0.497 e. The van der Waals surface area contributed by atoms with Crippen LogP contribution in [0, 0.1) is 5.92 Å². The number of thiazole rings is 1. The number of carbonyl (C=O) groups is 4. The average Bonchev–Trinajstić information content (AvgIpc) is 4.06. The van der Waals surface area contributed by atoms with Gasteiger partial charge in [0.25, 0.3) is 5.91 Å². The van der Waals surface area contributed by atoms with Crippen molar-refractivity contribution < 1.29 is 41.8 Å². The van der Waals surface area contributed by atoms with Crippen molar-refractivity contribution in [3.05, 3.63) is 41.8 Å². The number of hydrogen-bond acceptors (Lipinski definition) is 13. The van der Waals surface area contributed by atoms with Crippen LogP contribution in [0.4, 0.5) is 9.93 Å². The topological polar surface area (TPSA) is 207 Å². The molecule has 1 aromatic carbocycles. The third-order valence-corrected chi connectivity index (χ3v) is 13.6. The van der Waals surface area contributed by atoms with Gasteiger partial charge in [-0.1, -0.05) is 25.0 Å². The van der Waals surface area contributed by atoms with Gasteiger partial charge in [0.15, 0.2) is 5.13 Å². The molecule has 4 aliphatic rings. The lowest BCUT2D eigenvalue weighted by atomic mass is 10.0. The van der Waals surface area contributed by atoms with Crippen LogP contribution in [0.1, 0.15) is 92.4 Å². The number of aromatic nitrogens is 2. The zero-order chi connectivity index (χ0) is 43.0. The standard InChI is InChI=1S/C42H55N7O9S2/c1-24(2)43-39-45-33(23-59-39)32-20-35(29-17-14-26(56-6)18-31(29)44-32)57-27-19-34-36(50)47-42(38(52)48-60(54,55)28-15-16-28)21-25(42)12-10-8-7-9-11-13-30(37(51)49(34)22-27)46-40(53)58-41(3,4)5/h10,12,14,17-18,20,23-25,27-28,30,34H,7-9,11,13,15-16,19,21-22H2,1-6H3,(H,43,45)(H,46,53)(H,47,50)(H,48,52)/b12-10-/t25?,27-,30-,34+,42-/m1/s1. The van der Waals surface area contributed by atoms with Crippen molar-refractivity contribution in [3.63, 3.8) is 0 Å². The number of anilines is 1. The minimum absolute atomic E-state index is 0.0313. The first-order chi connectivity index (χ1) is 28.4. The third kappa shape index (κ3) is 9.96. The summed E-state index contributed by atoms with van der Waals surface area (Å²) in [7, 11) is -2.35. The van der Waals surface area contributed by atoms with Crippen LogP contribution in [0.25, 0.3) is 22.3 Å². The molecule has 2 aromatic heterocycles. The number of nitrogens with one attached hydrogen (secondary N) is 4. The number of methoxy groups -OCH3 is 1. The molecule has 2 aliphatic carbocycles. The molecule has 0 bridgehead atoms. The smallest absolute Gasteiger partial charge is 0.408 e. The highest BCUT2D eigenvalue weighted by molar-refractivity contribution is 7.91. The van der Waals surface area contributed by atoms with Crippen molar-refractivity contribution >= 4 is 61.2 Å². The van der Waals surface area contributed by atoms with Gasteiger partial charge >= 0.3 is 6.09 Å². The first-order valence-corrected chi connectivity index (χ1v) is 23.1. The van der Waals surface area contributed by atoms with Gasteiger partial charge < -0.3 is 35.1 Å². The van der Waals surface area contributed by atoms with Crippen LogP contribution in [-0.2, 0) is 29.1 Å². The molecule has 1 unspecified atom stereocenters. The lowest BCUT2D eigenvalue weighted by molar-refractivity contribution is -0.141. The zero-order valence-electron chi connectivity index (χ0n) is 34.9. The summed E-state index contributed by atoms with van der Waals surface area (Å²) in [5, 5.41) is 11.7. The third-order valence-electron chi connectivity index (χ3n) is 11.0. The molecule has 1 saturated heterocycles. The Morgan fingerprint density at radius 1 is 1.05 bits per heavy atom. The van der Waals surface area contributed by atoms with Crippen molar-refractivity contribution in [3.8, 4) is 22.9 Å². The normalized spacial score (nSPS) is 25.6. The van der Waals surface area contributed by atoms with E-state index in [4.69, 9.17) is 24.2 Å². The molecule has 4 N–H and O–H groups in total. The Bertz CT molecular complexity index is 2270. The number of rotatable bonds is 10. The number of hydrogen-bond donors (Lipinski definition) is 4. The first-order valence-electron chi connectivity index (χ1n) is 20.7. The summed E-state index contributed by atoms with van der Waals surface area (Å²) >= 11 is 1.45. The van der Waals surface area contributed by atoms with Crippen LogP contribution in [0.5, 0.6) is 11.5 Å². The van der Waals surface area contributed by atoms with E-state index in [0.717, 1.165) is 18.0 Å². The van der Waals surface area contributed by atoms with Crippen LogP contribution in [0.3, 0.4) is 0 Å². The molecule has 3 fully saturated rings. The van der Waals surface area contributed by atoms with E-state index in [2.05, 4.69) is 20.7 Å². The second-order valence-electron chi connectivity index (χ2n) is 17.4. The lowest BCUT2D eigenvalue weighted by Crippen LogP contribution is -2.58. The Morgan fingerprint density at radius 3 is 2.55 bits per heavy atom. The predicted octanol–water partition coefficient (Wildman–Crippen LogP) is 5.43. The largest absolute Gasteiger partial charge is 0.497 e. The molecular formula is C42H55N7O9S2. The summed E-state index contributed by atoms with van der Waals surface area (Å²) in [5.74, 6) is -1.34. The number of amides is 4. The van der Waals surface area contributed by atoms with E-state index in [9.17, 15) is 27.6 Å². The second kappa shape index (κ2) is 17.2. The summed E-state index contributed by atoms with van der Waals surface area (Å²) in [6.45, 7) is 9.21. The molecule has 7 rings (SSSR count). The van der Waals surface area contributed by atoms with Crippen molar-refractivity contribution in [2.24, 2.45) is 5.92 Å².